The smallest absolute Gasteiger partial charge is 0.255 e. The molecule has 0 spiro atoms. The minimum absolute atomic E-state index is 0.0144. The zero-order valence-corrected chi connectivity index (χ0v) is 13.0. The minimum Gasteiger partial charge on any atom is -0.378 e. The number of aliphatic hydroxyl groups excluding tert-OH is 1. The highest BCUT2D eigenvalue weighted by Crippen LogP contribution is 2.19. The summed E-state index contributed by atoms with van der Waals surface area (Å²) < 4.78 is 15.5. The maximum atomic E-state index is 14.2. The summed E-state index contributed by atoms with van der Waals surface area (Å²) in [5.41, 5.74) is 0.157. The molecule has 1 fully saturated rings. The highest BCUT2D eigenvalue weighted by Gasteiger charge is 2.24. The van der Waals surface area contributed by atoms with E-state index in [1.54, 1.807) is 29.3 Å². The van der Waals surface area contributed by atoms with Crippen molar-refractivity contribution in [3.8, 4) is 5.69 Å². The number of anilines is 1. The topological polar surface area (TPSA) is 74.6 Å². The lowest BCUT2D eigenvalue weighted by Crippen LogP contribution is -2.36. The summed E-state index contributed by atoms with van der Waals surface area (Å²) in [4.78, 5) is 25.4. The lowest BCUT2D eigenvalue weighted by Gasteiger charge is -2.19. The fourth-order valence-electron chi connectivity index (χ4n) is 2.76. The molecule has 3 rings (SSSR count). The van der Waals surface area contributed by atoms with Crippen LogP contribution in [0.5, 0.6) is 0 Å². The first-order chi connectivity index (χ1) is 11.5. The van der Waals surface area contributed by atoms with Gasteiger partial charge in [0, 0.05) is 24.9 Å². The van der Waals surface area contributed by atoms with E-state index >= 15 is 0 Å². The zero-order chi connectivity index (χ0) is 17.1. The Morgan fingerprint density at radius 1 is 1.33 bits per heavy atom. The van der Waals surface area contributed by atoms with Crippen LogP contribution in [0.1, 0.15) is 12.8 Å². The first-order valence-electron chi connectivity index (χ1n) is 7.74. The third-order valence-electron chi connectivity index (χ3n) is 4.00. The molecule has 1 aromatic carbocycles. The molecule has 0 aliphatic carbocycles. The molecule has 0 radical (unpaired) electrons. The summed E-state index contributed by atoms with van der Waals surface area (Å²) in [5.74, 6) is -1.02. The largest absolute Gasteiger partial charge is 0.378 e. The summed E-state index contributed by atoms with van der Waals surface area (Å²) in [6.07, 6.45) is 2.41. The van der Waals surface area contributed by atoms with E-state index in [1.165, 1.54) is 22.8 Å². The van der Waals surface area contributed by atoms with Gasteiger partial charge in [-0.05, 0) is 31.0 Å². The van der Waals surface area contributed by atoms with E-state index < -0.39 is 12.0 Å². The molecule has 1 aromatic heterocycles. The molecule has 0 unspecified atom stereocenters. The van der Waals surface area contributed by atoms with Crippen LogP contribution in [0.15, 0.2) is 47.4 Å². The van der Waals surface area contributed by atoms with Crippen molar-refractivity contribution in [2.45, 2.75) is 19.1 Å². The first kappa shape index (κ1) is 16.4. The number of amides is 1. The van der Waals surface area contributed by atoms with Crippen molar-refractivity contribution < 1.29 is 14.3 Å². The number of nitrogens with zero attached hydrogens (tertiary/aromatic N) is 2. The van der Waals surface area contributed by atoms with Gasteiger partial charge < -0.3 is 10.4 Å². The van der Waals surface area contributed by atoms with E-state index in [2.05, 4.69) is 5.32 Å². The molecule has 24 heavy (non-hydrogen) atoms. The molecule has 2 N–H and O–H groups in total. The quantitative estimate of drug-likeness (QED) is 0.886. The van der Waals surface area contributed by atoms with Gasteiger partial charge in [-0.15, -0.1) is 0 Å². The molecule has 1 amide bonds. The third-order valence-corrected chi connectivity index (χ3v) is 4.00. The second-order valence-corrected chi connectivity index (χ2v) is 5.71. The molecule has 126 valence electrons. The predicted octanol–water partition coefficient (Wildman–Crippen LogP) is 1.33. The van der Waals surface area contributed by atoms with E-state index in [0.29, 0.717) is 18.7 Å². The Bertz CT molecular complexity index is 806. The fourth-order valence-corrected chi connectivity index (χ4v) is 2.76. The molecule has 0 saturated carbocycles. The van der Waals surface area contributed by atoms with Crippen molar-refractivity contribution in [2.75, 3.05) is 18.4 Å². The molecule has 6 nitrogen and oxygen atoms in total. The Labute approximate surface area is 138 Å². The lowest BCUT2D eigenvalue weighted by molar-refractivity contribution is -0.119. The predicted molar refractivity (Wildman–Crippen MR) is 87.4 cm³/mol. The van der Waals surface area contributed by atoms with Gasteiger partial charge in [0.15, 0.2) is 0 Å². The number of benzene rings is 1. The molecule has 1 aliphatic heterocycles. The molecular weight excluding hydrogens is 313 g/mol. The monoisotopic (exact) mass is 331 g/mol. The Balaban J connectivity index is 1.72. The van der Waals surface area contributed by atoms with Gasteiger partial charge in [0.25, 0.3) is 5.56 Å². The van der Waals surface area contributed by atoms with Crippen molar-refractivity contribution in [2.24, 2.45) is 0 Å². The van der Waals surface area contributed by atoms with Gasteiger partial charge in [-0.25, -0.2) is 4.39 Å². The number of rotatable bonds is 4. The second-order valence-electron chi connectivity index (χ2n) is 5.71. The number of nitrogens with one attached hydrogen (secondary N) is 1. The summed E-state index contributed by atoms with van der Waals surface area (Å²) >= 11 is 0. The summed E-state index contributed by atoms with van der Waals surface area (Å²) in [5, 5.41) is 12.2. The van der Waals surface area contributed by atoms with Crippen molar-refractivity contribution in [1.29, 1.82) is 0 Å². The lowest BCUT2D eigenvalue weighted by atomic mass is 10.2. The number of hydrogen-bond donors (Lipinski definition) is 2. The van der Waals surface area contributed by atoms with Crippen LogP contribution in [-0.4, -0.2) is 39.8 Å². The molecule has 7 heteroatoms. The maximum absolute atomic E-state index is 14.2. The number of aliphatic hydroxyl groups is 1. The van der Waals surface area contributed by atoms with Gasteiger partial charge in [0.05, 0.1) is 17.9 Å². The van der Waals surface area contributed by atoms with Gasteiger partial charge in [0.1, 0.15) is 12.0 Å². The van der Waals surface area contributed by atoms with Crippen LogP contribution in [0.3, 0.4) is 0 Å². The van der Waals surface area contributed by atoms with Crippen LogP contribution in [0.4, 0.5) is 10.1 Å². The molecule has 1 atom stereocenters. The molecular formula is C17H18FN3O3. The molecule has 1 aliphatic rings. The SMILES string of the molecule is O=C(CN1CCC[C@H]1O)Nc1ccc(-n2ccccc2=O)cc1F. The second kappa shape index (κ2) is 6.94. The Kier molecular flexibility index (Phi) is 4.73. The van der Waals surface area contributed by atoms with Gasteiger partial charge in [0.2, 0.25) is 5.91 Å². The average Bonchev–Trinajstić information content (AvgIpc) is 2.95. The highest BCUT2D eigenvalue weighted by molar-refractivity contribution is 5.92. The number of halogens is 1. The number of carbonyl (C=O) groups excluding carboxylic acids is 1. The van der Waals surface area contributed by atoms with Crippen LogP contribution < -0.4 is 10.9 Å². The van der Waals surface area contributed by atoms with Gasteiger partial charge >= 0.3 is 0 Å². The Hall–Kier alpha value is -2.51. The van der Waals surface area contributed by atoms with Crippen LogP contribution in [0.25, 0.3) is 5.69 Å². The Morgan fingerprint density at radius 3 is 2.83 bits per heavy atom. The normalized spacial score (nSPS) is 17.8. The number of pyridine rings is 1. The van der Waals surface area contributed by atoms with E-state index in [9.17, 15) is 19.1 Å². The standard InChI is InChI=1S/C17H18FN3O3/c18-13-10-12(21-9-2-1-4-17(21)24)6-7-14(13)19-15(22)11-20-8-3-5-16(20)23/h1-2,4,6-7,9-10,16,23H,3,5,8,11H2,(H,19,22)/t16-/m1/s1. The molecule has 2 aromatic rings. The number of hydrogen-bond acceptors (Lipinski definition) is 4. The highest BCUT2D eigenvalue weighted by atomic mass is 19.1. The summed E-state index contributed by atoms with van der Waals surface area (Å²) in [6.45, 7) is 0.660. The van der Waals surface area contributed by atoms with Crippen LogP contribution in [0, 0.1) is 5.82 Å². The summed E-state index contributed by atoms with van der Waals surface area (Å²) in [6, 6.07) is 8.84. The van der Waals surface area contributed by atoms with Crippen molar-refractivity contribution in [1.82, 2.24) is 9.47 Å². The number of carbonyl (C=O) groups is 1. The fraction of sp³-hybridized carbons (Fsp3) is 0.294. The summed E-state index contributed by atoms with van der Waals surface area (Å²) in [7, 11) is 0. The number of aromatic nitrogens is 1. The van der Waals surface area contributed by atoms with Crippen LogP contribution in [-0.2, 0) is 4.79 Å². The average molecular weight is 331 g/mol. The first-order valence-corrected chi connectivity index (χ1v) is 7.74. The van der Waals surface area contributed by atoms with E-state index in [0.717, 1.165) is 6.42 Å². The van der Waals surface area contributed by atoms with Crippen molar-refractivity contribution in [3.05, 3.63) is 58.8 Å². The van der Waals surface area contributed by atoms with Crippen LogP contribution >= 0.6 is 0 Å². The van der Waals surface area contributed by atoms with Gasteiger partial charge in [-0.1, -0.05) is 6.07 Å². The minimum atomic E-state index is -0.626. The van der Waals surface area contributed by atoms with Crippen LogP contribution in [0.2, 0.25) is 0 Å². The van der Waals surface area contributed by atoms with E-state index in [4.69, 9.17) is 0 Å². The third kappa shape index (κ3) is 3.52. The van der Waals surface area contributed by atoms with Crippen molar-refractivity contribution >= 4 is 11.6 Å². The van der Waals surface area contributed by atoms with E-state index in [-0.39, 0.29) is 23.7 Å². The van der Waals surface area contributed by atoms with Gasteiger partial charge in [-0.3, -0.25) is 19.1 Å². The zero-order valence-electron chi connectivity index (χ0n) is 13.0. The van der Waals surface area contributed by atoms with E-state index in [1.807, 2.05) is 0 Å². The molecule has 0 bridgehead atoms. The van der Waals surface area contributed by atoms with Crippen molar-refractivity contribution in [3.63, 3.8) is 0 Å². The Morgan fingerprint density at radius 2 is 2.17 bits per heavy atom. The molecule has 1 saturated heterocycles. The van der Waals surface area contributed by atoms with Gasteiger partial charge in [-0.2, -0.15) is 0 Å². The molecule has 2 heterocycles. The maximum Gasteiger partial charge on any atom is 0.255 e. The number of likely N-dealkylation sites (tertiary alicyclic amines) is 1.